The molecule has 2 atom stereocenters. The molecule has 1 aromatic rings. The quantitative estimate of drug-likeness (QED) is 0.815. The molecule has 1 aromatic heterocycles. The highest BCUT2D eigenvalue weighted by Crippen LogP contribution is 2.34. The maximum Gasteiger partial charge on any atom is 0.0702 e. The Kier molecular flexibility index (Phi) is 6.45. The van der Waals surface area contributed by atoms with E-state index in [2.05, 4.69) is 39.9 Å². The van der Waals surface area contributed by atoms with Gasteiger partial charge in [-0.05, 0) is 47.8 Å². The minimum Gasteiger partial charge on any atom is -0.394 e. The molecular weight excluding hydrogens is 340 g/mol. The molecule has 0 aromatic carbocycles. The molecule has 20 heavy (non-hydrogen) atoms. The molecule has 1 aliphatic heterocycles. The van der Waals surface area contributed by atoms with Crippen molar-refractivity contribution >= 4 is 27.3 Å². The van der Waals surface area contributed by atoms with Crippen molar-refractivity contribution in [3.05, 3.63) is 20.8 Å². The maximum absolute atomic E-state index is 8.81. The first-order chi connectivity index (χ1) is 9.61. The number of likely N-dealkylation sites (tertiary alicyclic amines) is 1. The molecule has 0 bridgehead atoms. The van der Waals surface area contributed by atoms with Gasteiger partial charge in [-0.3, -0.25) is 4.90 Å². The van der Waals surface area contributed by atoms with Gasteiger partial charge < -0.3 is 15.6 Å². The van der Waals surface area contributed by atoms with Crippen molar-refractivity contribution in [3.8, 4) is 0 Å². The smallest absolute Gasteiger partial charge is 0.0702 e. The van der Waals surface area contributed by atoms with E-state index in [0.717, 1.165) is 29.7 Å². The number of aliphatic hydroxyl groups excluding tert-OH is 1. The van der Waals surface area contributed by atoms with Crippen LogP contribution in [0, 0.1) is 0 Å². The van der Waals surface area contributed by atoms with Gasteiger partial charge in [0, 0.05) is 24.0 Å². The van der Waals surface area contributed by atoms with Crippen LogP contribution in [-0.4, -0.2) is 48.5 Å². The third-order valence-corrected chi connectivity index (χ3v) is 5.39. The number of piperidine rings is 1. The Labute approximate surface area is 133 Å². The summed E-state index contributed by atoms with van der Waals surface area (Å²) in [6, 6.07) is 4.64. The highest BCUT2D eigenvalue weighted by atomic mass is 79.9. The minimum atomic E-state index is 0.103. The second kappa shape index (κ2) is 7.87. The van der Waals surface area contributed by atoms with Gasteiger partial charge in [0.2, 0.25) is 0 Å². The van der Waals surface area contributed by atoms with E-state index in [-0.39, 0.29) is 24.8 Å². The lowest BCUT2D eigenvalue weighted by atomic mass is 10.0. The van der Waals surface area contributed by atoms with Crippen LogP contribution in [0.4, 0.5) is 0 Å². The Morgan fingerprint density at radius 2 is 2.20 bits per heavy atom. The number of rotatable bonds is 6. The number of nitrogens with two attached hydrogens (primary N) is 1. The lowest BCUT2D eigenvalue weighted by molar-refractivity contribution is -0.0169. The molecule has 1 aliphatic rings. The molecule has 114 valence electrons. The fourth-order valence-corrected chi connectivity index (χ4v) is 4.47. The van der Waals surface area contributed by atoms with Crippen molar-refractivity contribution in [2.75, 3.05) is 26.3 Å². The first kappa shape index (κ1) is 16.4. The maximum atomic E-state index is 8.81. The molecule has 0 radical (unpaired) electrons. The van der Waals surface area contributed by atoms with Crippen LogP contribution < -0.4 is 5.73 Å². The number of hydrogen-bond acceptors (Lipinski definition) is 5. The average molecular weight is 363 g/mol. The van der Waals surface area contributed by atoms with Crippen molar-refractivity contribution < 1.29 is 9.84 Å². The number of hydrogen-bond donors (Lipinski definition) is 2. The fraction of sp³-hybridized carbons (Fsp3) is 0.714. The molecule has 2 heterocycles. The molecule has 0 amide bonds. The van der Waals surface area contributed by atoms with Crippen molar-refractivity contribution in [1.29, 1.82) is 0 Å². The Hall–Kier alpha value is 0.0200. The third-order valence-electron chi connectivity index (χ3n) is 3.70. The van der Waals surface area contributed by atoms with Crippen LogP contribution in [0.1, 0.15) is 30.7 Å². The molecular formula is C14H23BrN2O2S. The van der Waals surface area contributed by atoms with E-state index in [0.29, 0.717) is 6.61 Å². The number of halogens is 1. The van der Waals surface area contributed by atoms with Gasteiger partial charge in [0.1, 0.15) is 0 Å². The molecule has 4 nitrogen and oxygen atoms in total. The number of thiophene rings is 1. The van der Waals surface area contributed by atoms with E-state index in [9.17, 15) is 0 Å². The van der Waals surface area contributed by atoms with Gasteiger partial charge in [-0.1, -0.05) is 0 Å². The summed E-state index contributed by atoms with van der Waals surface area (Å²) in [5, 5.41) is 8.81. The Morgan fingerprint density at radius 1 is 1.50 bits per heavy atom. The predicted octanol–water partition coefficient (Wildman–Crippen LogP) is 2.37. The Balaban J connectivity index is 1.95. The summed E-state index contributed by atoms with van der Waals surface area (Å²) in [5.74, 6) is 0. The van der Waals surface area contributed by atoms with Gasteiger partial charge in [-0.15, -0.1) is 11.3 Å². The lowest BCUT2D eigenvalue weighted by Crippen LogP contribution is -2.45. The molecule has 6 heteroatoms. The molecule has 0 aliphatic carbocycles. The van der Waals surface area contributed by atoms with E-state index in [4.69, 9.17) is 15.6 Å². The predicted molar refractivity (Wildman–Crippen MR) is 86.0 cm³/mol. The molecule has 1 saturated heterocycles. The molecule has 2 rings (SSSR count). The summed E-state index contributed by atoms with van der Waals surface area (Å²) >= 11 is 5.29. The van der Waals surface area contributed by atoms with Gasteiger partial charge in [-0.25, -0.2) is 0 Å². The molecule has 0 saturated carbocycles. The standard InChI is InChI=1S/C14H23BrN2O2S/c1-10(16)14(12-2-3-13(15)20-12)17-6-4-11(5-7-17)19-9-8-18/h2-3,10-11,14,18H,4-9,16H2,1H3. The second-order valence-corrected chi connectivity index (χ2v) is 7.77. The van der Waals surface area contributed by atoms with E-state index < -0.39 is 0 Å². The SMILES string of the molecule is CC(N)C(c1ccc(Br)s1)N1CCC(OCCO)CC1. The van der Waals surface area contributed by atoms with Gasteiger partial charge >= 0.3 is 0 Å². The summed E-state index contributed by atoms with van der Waals surface area (Å²) in [6.45, 7) is 4.62. The third kappa shape index (κ3) is 4.26. The normalized spacial score (nSPS) is 21.0. The zero-order chi connectivity index (χ0) is 14.5. The first-order valence-electron chi connectivity index (χ1n) is 7.09. The van der Waals surface area contributed by atoms with Crippen LogP contribution in [0.25, 0.3) is 0 Å². The monoisotopic (exact) mass is 362 g/mol. The van der Waals surface area contributed by atoms with E-state index >= 15 is 0 Å². The van der Waals surface area contributed by atoms with Crippen LogP contribution >= 0.6 is 27.3 Å². The lowest BCUT2D eigenvalue weighted by Gasteiger charge is -2.38. The molecule has 3 N–H and O–H groups in total. The van der Waals surface area contributed by atoms with E-state index in [1.165, 1.54) is 4.88 Å². The summed E-state index contributed by atoms with van der Waals surface area (Å²) < 4.78 is 6.77. The topological polar surface area (TPSA) is 58.7 Å². The van der Waals surface area contributed by atoms with Crippen LogP contribution in [0.3, 0.4) is 0 Å². The van der Waals surface area contributed by atoms with Crippen LogP contribution in [0.5, 0.6) is 0 Å². The van der Waals surface area contributed by atoms with Crippen LogP contribution in [0.15, 0.2) is 15.9 Å². The summed E-state index contributed by atoms with van der Waals surface area (Å²) in [6.07, 6.45) is 2.30. The van der Waals surface area contributed by atoms with Crippen LogP contribution in [0.2, 0.25) is 0 Å². The van der Waals surface area contributed by atoms with Gasteiger partial charge in [0.15, 0.2) is 0 Å². The first-order valence-corrected chi connectivity index (χ1v) is 8.70. The minimum absolute atomic E-state index is 0.103. The van der Waals surface area contributed by atoms with Crippen molar-refractivity contribution in [2.24, 2.45) is 5.73 Å². The van der Waals surface area contributed by atoms with Gasteiger partial charge in [0.25, 0.3) is 0 Å². The summed E-state index contributed by atoms with van der Waals surface area (Å²) in [4.78, 5) is 3.78. The van der Waals surface area contributed by atoms with Crippen LogP contribution in [-0.2, 0) is 4.74 Å². The van der Waals surface area contributed by atoms with E-state index in [1.54, 1.807) is 11.3 Å². The molecule has 0 spiro atoms. The molecule has 2 unspecified atom stereocenters. The van der Waals surface area contributed by atoms with E-state index in [1.807, 2.05) is 0 Å². The largest absolute Gasteiger partial charge is 0.394 e. The second-order valence-electron chi connectivity index (χ2n) is 5.28. The summed E-state index contributed by atoms with van der Waals surface area (Å²) in [5.41, 5.74) is 6.21. The Bertz CT molecular complexity index is 406. The van der Waals surface area contributed by atoms with Crippen molar-refractivity contribution in [3.63, 3.8) is 0 Å². The zero-order valence-corrected chi connectivity index (χ0v) is 14.2. The molecule has 1 fully saturated rings. The average Bonchev–Trinajstić information content (AvgIpc) is 2.84. The number of ether oxygens (including phenoxy) is 1. The highest BCUT2D eigenvalue weighted by Gasteiger charge is 2.29. The number of aliphatic hydroxyl groups is 1. The van der Waals surface area contributed by atoms with Crippen molar-refractivity contribution in [2.45, 2.75) is 38.0 Å². The van der Waals surface area contributed by atoms with Gasteiger partial charge in [0.05, 0.1) is 29.1 Å². The van der Waals surface area contributed by atoms with Crippen molar-refractivity contribution in [1.82, 2.24) is 4.90 Å². The summed E-state index contributed by atoms with van der Waals surface area (Å²) in [7, 11) is 0. The van der Waals surface area contributed by atoms with Gasteiger partial charge in [-0.2, -0.15) is 0 Å². The zero-order valence-electron chi connectivity index (χ0n) is 11.8. The fourth-order valence-electron chi connectivity index (χ4n) is 2.80. The highest BCUT2D eigenvalue weighted by molar-refractivity contribution is 9.11. The Morgan fingerprint density at radius 3 is 2.70 bits per heavy atom. The number of nitrogens with zero attached hydrogens (tertiary/aromatic N) is 1.